The van der Waals surface area contributed by atoms with Crippen LogP contribution in [0.3, 0.4) is 0 Å². The van der Waals surface area contributed by atoms with Gasteiger partial charge >= 0.3 is 0 Å². The summed E-state index contributed by atoms with van der Waals surface area (Å²) in [6, 6.07) is -1.08. The van der Waals surface area contributed by atoms with E-state index in [0.29, 0.717) is 6.42 Å². The van der Waals surface area contributed by atoms with Gasteiger partial charge < -0.3 is 11.1 Å². The van der Waals surface area contributed by atoms with E-state index in [9.17, 15) is 9.59 Å². The zero-order valence-electron chi connectivity index (χ0n) is 7.46. The highest BCUT2D eigenvalue weighted by Gasteiger charge is 2.13. The molecule has 0 aromatic heterocycles. The van der Waals surface area contributed by atoms with Gasteiger partial charge in [0, 0.05) is 0 Å². The molecular formula is C8H15N2O2. The van der Waals surface area contributed by atoms with Crippen LogP contribution in [0.5, 0.6) is 0 Å². The van der Waals surface area contributed by atoms with Crippen molar-refractivity contribution >= 4 is 12.2 Å². The van der Waals surface area contributed by atoms with E-state index in [0.717, 1.165) is 6.42 Å². The van der Waals surface area contributed by atoms with E-state index in [1.807, 2.05) is 6.92 Å². The molecule has 0 aromatic rings. The van der Waals surface area contributed by atoms with Gasteiger partial charge in [0.2, 0.25) is 12.2 Å². The van der Waals surface area contributed by atoms with Crippen LogP contribution in [0.25, 0.3) is 0 Å². The van der Waals surface area contributed by atoms with Crippen LogP contribution in [0, 0.1) is 0 Å². The van der Waals surface area contributed by atoms with Gasteiger partial charge in [-0.3, -0.25) is 9.59 Å². The normalized spacial score (nSPS) is 14.9. The molecule has 69 valence electrons. The highest BCUT2D eigenvalue weighted by molar-refractivity contribution is 5.83. The van der Waals surface area contributed by atoms with Crippen molar-refractivity contribution in [2.45, 2.75) is 38.8 Å². The van der Waals surface area contributed by atoms with Crippen molar-refractivity contribution in [3.8, 4) is 0 Å². The number of amides is 1. The van der Waals surface area contributed by atoms with Crippen molar-refractivity contribution in [2.24, 2.45) is 5.73 Å². The number of carbonyl (C=O) groups is 1. The zero-order chi connectivity index (χ0) is 9.56. The third kappa shape index (κ3) is 4.08. The molecule has 0 spiro atoms. The van der Waals surface area contributed by atoms with Crippen molar-refractivity contribution in [3.05, 3.63) is 0 Å². The molecule has 0 aliphatic carbocycles. The molecule has 0 rings (SSSR count). The van der Waals surface area contributed by atoms with Gasteiger partial charge in [-0.2, -0.15) is 0 Å². The van der Waals surface area contributed by atoms with Gasteiger partial charge in [0.05, 0.1) is 12.1 Å². The molecule has 12 heavy (non-hydrogen) atoms. The molecule has 1 amide bonds. The van der Waals surface area contributed by atoms with E-state index in [1.165, 1.54) is 0 Å². The predicted molar refractivity (Wildman–Crippen MR) is 46.2 cm³/mol. The highest BCUT2D eigenvalue weighted by Crippen LogP contribution is 1.93. The molecule has 0 bridgehead atoms. The Hall–Kier alpha value is -0.900. The summed E-state index contributed by atoms with van der Waals surface area (Å²) >= 11 is 0. The van der Waals surface area contributed by atoms with Crippen LogP contribution in [0.4, 0.5) is 0 Å². The van der Waals surface area contributed by atoms with E-state index in [2.05, 4.69) is 5.32 Å². The van der Waals surface area contributed by atoms with E-state index in [-0.39, 0.29) is 5.91 Å². The summed E-state index contributed by atoms with van der Waals surface area (Å²) in [5.41, 5.74) is 5.29. The minimum Gasteiger partial charge on any atom is -0.344 e. The second-order valence-electron chi connectivity index (χ2n) is 2.76. The van der Waals surface area contributed by atoms with Gasteiger partial charge in [-0.05, 0) is 13.3 Å². The molecule has 2 unspecified atom stereocenters. The summed E-state index contributed by atoms with van der Waals surface area (Å²) < 4.78 is 0. The lowest BCUT2D eigenvalue weighted by Crippen LogP contribution is -2.44. The second kappa shape index (κ2) is 5.71. The molecule has 2 atom stereocenters. The molecule has 0 saturated heterocycles. The van der Waals surface area contributed by atoms with Crippen molar-refractivity contribution in [2.75, 3.05) is 0 Å². The Labute approximate surface area is 72.5 Å². The van der Waals surface area contributed by atoms with Crippen LogP contribution in [0.1, 0.15) is 26.7 Å². The van der Waals surface area contributed by atoms with Crippen molar-refractivity contribution in [1.29, 1.82) is 0 Å². The Kier molecular flexibility index (Phi) is 5.28. The lowest BCUT2D eigenvalue weighted by molar-refractivity contribution is -0.122. The van der Waals surface area contributed by atoms with Gasteiger partial charge in [0.25, 0.3) is 0 Å². The molecule has 1 radical (unpaired) electrons. The van der Waals surface area contributed by atoms with E-state index in [4.69, 9.17) is 5.73 Å². The Bertz CT molecular complexity index is 157. The summed E-state index contributed by atoms with van der Waals surface area (Å²) in [6.45, 7) is 3.51. The van der Waals surface area contributed by atoms with Crippen LogP contribution in [-0.4, -0.2) is 24.3 Å². The van der Waals surface area contributed by atoms with Crippen LogP contribution in [0.2, 0.25) is 0 Å². The van der Waals surface area contributed by atoms with Crippen LogP contribution >= 0.6 is 0 Å². The van der Waals surface area contributed by atoms with Crippen LogP contribution < -0.4 is 11.1 Å². The number of nitrogens with two attached hydrogens (primary N) is 1. The number of nitrogens with one attached hydrogen (secondary N) is 1. The summed E-state index contributed by atoms with van der Waals surface area (Å²) in [6.07, 6.45) is 3.20. The molecule has 0 aliphatic heterocycles. The van der Waals surface area contributed by atoms with Gasteiger partial charge in [0.15, 0.2) is 0 Å². The third-order valence-corrected chi connectivity index (χ3v) is 1.45. The largest absolute Gasteiger partial charge is 0.344 e. The maximum Gasteiger partial charge on any atom is 0.237 e. The molecule has 0 heterocycles. The summed E-state index contributed by atoms with van der Waals surface area (Å²) in [7, 11) is 0. The number of rotatable bonds is 5. The maximum atomic E-state index is 11.0. The first-order chi connectivity index (χ1) is 5.61. The fraction of sp³-hybridized carbons (Fsp3) is 0.750. The van der Waals surface area contributed by atoms with Crippen molar-refractivity contribution in [1.82, 2.24) is 5.32 Å². The van der Waals surface area contributed by atoms with Crippen molar-refractivity contribution < 1.29 is 9.59 Å². The van der Waals surface area contributed by atoms with E-state index >= 15 is 0 Å². The first-order valence-corrected chi connectivity index (χ1v) is 4.05. The van der Waals surface area contributed by atoms with Gasteiger partial charge in [-0.25, -0.2) is 0 Å². The topological polar surface area (TPSA) is 72.2 Å². The average molecular weight is 171 g/mol. The molecule has 0 aromatic carbocycles. The fourth-order valence-corrected chi connectivity index (χ4v) is 0.752. The smallest absolute Gasteiger partial charge is 0.237 e. The van der Waals surface area contributed by atoms with Crippen LogP contribution in [0.15, 0.2) is 0 Å². The maximum absolute atomic E-state index is 11.0. The fourth-order valence-electron chi connectivity index (χ4n) is 0.752. The van der Waals surface area contributed by atoms with Gasteiger partial charge in [-0.1, -0.05) is 13.3 Å². The molecule has 3 N–H and O–H groups in total. The number of hydrogen-bond acceptors (Lipinski definition) is 3. The van der Waals surface area contributed by atoms with Crippen LogP contribution in [-0.2, 0) is 9.59 Å². The van der Waals surface area contributed by atoms with Gasteiger partial charge in [-0.15, -0.1) is 0 Å². The molecular weight excluding hydrogens is 156 g/mol. The lowest BCUT2D eigenvalue weighted by Gasteiger charge is -2.12. The first kappa shape index (κ1) is 11.1. The lowest BCUT2D eigenvalue weighted by atomic mass is 10.2. The Balaban J connectivity index is 3.85. The Morgan fingerprint density at radius 1 is 1.67 bits per heavy atom. The standard InChI is InChI=1S/C8H15N2O2/c1-3-4-7(5-11)10-8(12)6(2)9/h6-7H,3-4,9H2,1-2H3,(H,10,12). The van der Waals surface area contributed by atoms with Gasteiger partial charge in [0.1, 0.15) is 0 Å². The molecule has 0 fully saturated rings. The monoisotopic (exact) mass is 171 g/mol. The SMILES string of the molecule is CCCC([C]=O)NC(=O)C(C)N. The molecule has 0 saturated carbocycles. The van der Waals surface area contributed by atoms with E-state index in [1.54, 1.807) is 13.2 Å². The summed E-state index contributed by atoms with van der Waals surface area (Å²) in [5.74, 6) is -0.309. The minimum absolute atomic E-state index is 0.309. The van der Waals surface area contributed by atoms with E-state index < -0.39 is 12.1 Å². The Morgan fingerprint density at radius 2 is 2.25 bits per heavy atom. The molecule has 0 aliphatic rings. The number of carbonyl (C=O) groups excluding carboxylic acids is 2. The molecule has 4 heteroatoms. The first-order valence-electron chi connectivity index (χ1n) is 4.05. The minimum atomic E-state index is -0.572. The summed E-state index contributed by atoms with van der Waals surface area (Å²) in [5, 5.41) is 2.48. The molecule has 4 nitrogen and oxygen atoms in total. The summed E-state index contributed by atoms with van der Waals surface area (Å²) in [4.78, 5) is 21.2. The van der Waals surface area contributed by atoms with Crippen molar-refractivity contribution in [3.63, 3.8) is 0 Å². The number of hydrogen-bond donors (Lipinski definition) is 2. The average Bonchev–Trinajstić information content (AvgIpc) is 2.03. The highest BCUT2D eigenvalue weighted by atomic mass is 16.2. The quantitative estimate of drug-likeness (QED) is 0.598. The third-order valence-electron chi connectivity index (χ3n) is 1.45. The second-order valence-corrected chi connectivity index (χ2v) is 2.76. The Morgan fingerprint density at radius 3 is 2.58 bits per heavy atom. The zero-order valence-corrected chi connectivity index (χ0v) is 7.46. The predicted octanol–water partition coefficient (Wildman–Crippen LogP) is -0.272.